The van der Waals surface area contributed by atoms with Crippen molar-refractivity contribution in [2.45, 2.75) is 142 Å². The number of ether oxygens (including phenoxy) is 5. The molecule has 0 unspecified atom stereocenters. The van der Waals surface area contributed by atoms with Gasteiger partial charge in [-0.1, -0.05) is 74.9 Å². The number of fused-ring (bicyclic) bond motifs is 5. The SMILES string of the molecule is C=C(C)CC(=O)O[C@H]1[C@@H]2[C@]3(OC(C)=O)CO[C@@H]3C[C@H](OC(=O)CC)[C@@]2(C)C(=O)[C@H](O)C2=C(C)[C@@H](OC(=O)[C@H](O)[C@@H](NOC/C(C)=C/C)c3ccccc3)C[C@]1(O)C2(C)C. The van der Waals surface area contributed by atoms with E-state index >= 15 is 4.79 Å². The summed E-state index contributed by atoms with van der Waals surface area (Å²) in [6, 6.07) is 7.46. The Labute approximate surface area is 345 Å². The first kappa shape index (κ1) is 45.8. The summed E-state index contributed by atoms with van der Waals surface area (Å²) in [7, 11) is 0. The average Bonchev–Trinajstić information content (AvgIpc) is 3.16. The van der Waals surface area contributed by atoms with E-state index in [1.165, 1.54) is 13.8 Å². The number of Topliss-reactive ketones (excluding diaryl/α,β-unsaturated/α-hetero) is 1. The van der Waals surface area contributed by atoms with Crippen LogP contribution in [0.15, 0.2) is 65.3 Å². The molecule has 1 heterocycles. The molecular weight excluding hydrogens is 766 g/mol. The third-order valence-corrected chi connectivity index (χ3v) is 12.9. The highest BCUT2D eigenvalue weighted by atomic mass is 16.7. The summed E-state index contributed by atoms with van der Waals surface area (Å²) in [5.41, 5.74) is -2.87. The summed E-state index contributed by atoms with van der Waals surface area (Å²) in [5, 5.41) is 37.5. The molecule has 0 radical (unpaired) electrons. The molecule has 1 aliphatic heterocycles. The van der Waals surface area contributed by atoms with Crippen molar-refractivity contribution < 1.29 is 67.8 Å². The molecule has 2 bridgehead atoms. The molecule has 3 fully saturated rings. The van der Waals surface area contributed by atoms with E-state index in [0.717, 1.165) is 5.57 Å². The second-order valence-electron chi connectivity index (χ2n) is 17.1. The quantitative estimate of drug-likeness (QED) is 0.0909. The maximum atomic E-state index is 15.3. The standard InChI is InChI=1S/C44H59NO14/c1-11-24(5)21-55-45-34(27-16-14-13-15-17-27)36(50)40(52)56-28-20-44(53)39(58-32(48)18-23(3)4)37-42(10,38(51)35(49)33(25(28)6)41(44,8)9)29(57-31(47)12-2)19-30-43(37,22-54-30)59-26(7)46/h11,13-17,28-30,34-37,39,45,49-50,53H,3,12,18-22H2,1-2,4-10H3/b24-11+/t28-,29-,30+,34-,35+,36+,37-,39-,42+,43-,44+/m0/s1. The van der Waals surface area contributed by atoms with E-state index in [-0.39, 0.29) is 43.6 Å². The second-order valence-corrected chi connectivity index (χ2v) is 17.1. The molecule has 11 atom stereocenters. The summed E-state index contributed by atoms with van der Waals surface area (Å²) in [6.07, 6.45) is -8.42. The molecule has 0 amide bonds. The van der Waals surface area contributed by atoms with Gasteiger partial charge in [0.2, 0.25) is 0 Å². The minimum atomic E-state index is -2.32. The molecule has 3 aliphatic carbocycles. The monoisotopic (exact) mass is 825 g/mol. The van der Waals surface area contributed by atoms with Gasteiger partial charge in [-0.05, 0) is 51.3 Å². The van der Waals surface area contributed by atoms with Crippen LogP contribution >= 0.6 is 0 Å². The lowest BCUT2D eigenvalue weighted by molar-refractivity contribution is -0.347. The van der Waals surface area contributed by atoms with Crippen molar-refractivity contribution >= 4 is 29.7 Å². The molecule has 1 saturated heterocycles. The highest BCUT2D eigenvalue weighted by Crippen LogP contribution is 2.64. The zero-order valence-electron chi connectivity index (χ0n) is 35.4. The van der Waals surface area contributed by atoms with Crippen molar-refractivity contribution in [3.05, 3.63) is 70.8 Å². The van der Waals surface area contributed by atoms with Gasteiger partial charge in [-0.2, -0.15) is 5.48 Å². The topological polar surface area (TPSA) is 213 Å². The van der Waals surface area contributed by atoms with Gasteiger partial charge < -0.3 is 39.0 Å². The van der Waals surface area contributed by atoms with Gasteiger partial charge in [0.15, 0.2) is 17.5 Å². The number of hydroxylamine groups is 1. The van der Waals surface area contributed by atoms with Crippen LogP contribution in [0, 0.1) is 16.7 Å². The number of benzene rings is 1. The number of carbonyl (C=O) groups excluding carboxylic acids is 5. The van der Waals surface area contributed by atoms with Crippen molar-refractivity contribution in [1.29, 1.82) is 0 Å². The van der Waals surface area contributed by atoms with Crippen LogP contribution in [0.25, 0.3) is 0 Å². The van der Waals surface area contributed by atoms with Crippen molar-refractivity contribution in [1.82, 2.24) is 5.48 Å². The third kappa shape index (κ3) is 8.17. The normalized spacial score (nSPS) is 33.4. The molecule has 4 aliphatic rings. The minimum Gasteiger partial charge on any atom is -0.461 e. The number of rotatable bonds is 14. The molecule has 0 spiro atoms. The first-order valence-electron chi connectivity index (χ1n) is 20.0. The number of aliphatic hydroxyl groups is 3. The van der Waals surface area contributed by atoms with Gasteiger partial charge in [0.1, 0.15) is 36.1 Å². The fraction of sp³-hybridized carbons (Fsp3) is 0.614. The van der Waals surface area contributed by atoms with Crippen molar-refractivity contribution in [2.75, 3.05) is 13.2 Å². The minimum absolute atomic E-state index is 0.0267. The van der Waals surface area contributed by atoms with E-state index in [9.17, 15) is 34.5 Å². The van der Waals surface area contributed by atoms with E-state index in [1.807, 2.05) is 19.9 Å². The molecule has 324 valence electrons. The molecule has 4 N–H and O–H groups in total. The van der Waals surface area contributed by atoms with Gasteiger partial charge in [0.05, 0.1) is 37.0 Å². The molecular formula is C44H59NO14. The van der Waals surface area contributed by atoms with E-state index in [2.05, 4.69) is 12.1 Å². The average molecular weight is 826 g/mol. The lowest BCUT2D eigenvalue weighted by atomic mass is 9.44. The van der Waals surface area contributed by atoms with Crippen molar-refractivity contribution in [3.8, 4) is 0 Å². The number of carbonyl (C=O) groups is 5. The first-order valence-corrected chi connectivity index (χ1v) is 20.0. The lowest BCUT2D eigenvalue weighted by Crippen LogP contribution is -2.82. The Balaban J connectivity index is 1.69. The summed E-state index contributed by atoms with van der Waals surface area (Å²) in [5.74, 6) is -5.76. The third-order valence-electron chi connectivity index (χ3n) is 12.9. The van der Waals surface area contributed by atoms with Gasteiger partial charge in [0, 0.05) is 31.6 Å². The van der Waals surface area contributed by atoms with Crippen LogP contribution in [0.5, 0.6) is 0 Å². The molecule has 59 heavy (non-hydrogen) atoms. The Morgan fingerprint density at radius 2 is 1.71 bits per heavy atom. The maximum absolute atomic E-state index is 15.3. The summed E-state index contributed by atoms with van der Waals surface area (Å²) >= 11 is 0. The Bertz CT molecular complexity index is 1890. The molecule has 1 aromatic rings. The number of esters is 4. The number of hydrogen-bond donors (Lipinski definition) is 4. The van der Waals surface area contributed by atoms with Crippen molar-refractivity contribution in [3.63, 3.8) is 0 Å². The summed E-state index contributed by atoms with van der Waals surface area (Å²) in [4.78, 5) is 74.8. The fourth-order valence-corrected chi connectivity index (χ4v) is 9.49. The number of hydrogen-bond acceptors (Lipinski definition) is 15. The Morgan fingerprint density at radius 3 is 2.27 bits per heavy atom. The van der Waals surface area contributed by atoms with Gasteiger partial charge in [0.25, 0.3) is 0 Å². The molecule has 0 aromatic heterocycles. The van der Waals surface area contributed by atoms with E-state index in [1.54, 1.807) is 65.0 Å². The fourth-order valence-electron chi connectivity index (χ4n) is 9.49. The van der Waals surface area contributed by atoms with Gasteiger partial charge >= 0.3 is 23.9 Å². The molecule has 5 rings (SSSR count). The van der Waals surface area contributed by atoms with Crippen molar-refractivity contribution in [2.24, 2.45) is 16.7 Å². The molecule has 2 saturated carbocycles. The van der Waals surface area contributed by atoms with Crippen LogP contribution in [0.4, 0.5) is 0 Å². The summed E-state index contributed by atoms with van der Waals surface area (Å²) in [6.45, 7) is 17.9. The van der Waals surface area contributed by atoms with Gasteiger partial charge in [-0.25, -0.2) is 4.79 Å². The van der Waals surface area contributed by atoms with Crippen LogP contribution in [0.3, 0.4) is 0 Å². The zero-order valence-corrected chi connectivity index (χ0v) is 35.4. The Morgan fingerprint density at radius 1 is 1.05 bits per heavy atom. The summed E-state index contributed by atoms with van der Waals surface area (Å²) < 4.78 is 30.3. The highest BCUT2D eigenvalue weighted by Gasteiger charge is 2.78. The molecule has 15 nitrogen and oxygen atoms in total. The second kappa shape index (κ2) is 17.4. The first-order chi connectivity index (χ1) is 27.6. The number of ketones is 1. The highest BCUT2D eigenvalue weighted by molar-refractivity contribution is 5.94. The molecule has 15 heteroatoms. The van der Waals surface area contributed by atoms with Crippen LogP contribution in [-0.2, 0) is 52.5 Å². The van der Waals surface area contributed by atoms with E-state index in [4.69, 9.17) is 28.5 Å². The number of allylic oxidation sites excluding steroid dienone is 1. The Kier molecular flexibility index (Phi) is 13.5. The van der Waals surface area contributed by atoms with Crippen LogP contribution < -0.4 is 5.48 Å². The van der Waals surface area contributed by atoms with E-state index in [0.29, 0.717) is 11.1 Å². The number of nitrogens with one attached hydrogen (secondary N) is 1. The molecule has 1 aromatic carbocycles. The smallest absolute Gasteiger partial charge is 0.337 e. The van der Waals surface area contributed by atoms with Gasteiger partial charge in [-0.3, -0.25) is 24.0 Å². The number of aliphatic hydroxyl groups excluding tert-OH is 2. The Hall–Kier alpha value is -4.25. The predicted octanol–water partition coefficient (Wildman–Crippen LogP) is 3.84. The van der Waals surface area contributed by atoms with E-state index < -0.39 is 107 Å². The van der Waals surface area contributed by atoms with Crippen LogP contribution in [0.1, 0.15) is 99.6 Å². The maximum Gasteiger partial charge on any atom is 0.337 e. The van der Waals surface area contributed by atoms with Gasteiger partial charge in [-0.15, -0.1) is 0 Å². The van der Waals surface area contributed by atoms with Crippen LogP contribution in [0.2, 0.25) is 0 Å². The predicted molar refractivity (Wildman–Crippen MR) is 211 cm³/mol. The zero-order chi connectivity index (χ0) is 43.8. The lowest BCUT2D eigenvalue weighted by Gasteiger charge is -2.67. The van der Waals surface area contributed by atoms with Crippen LogP contribution in [-0.4, -0.2) is 106 Å². The largest absolute Gasteiger partial charge is 0.461 e.